The molecule has 1 aliphatic rings. The van der Waals surface area contributed by atoms with Crippen LogP contribution in [0.4, 0.5) is 0 Å². The molecule has 1 heterocycles. The van der Waals surface area contributed by atoms with E-state index < -0.39 is 0 Å². The van der Waals surface area contributed by atoms with Crippen LogP contribution in [0, 0.1) is 0 Å². The van der Waals surface area contributed by atoms with Crippen molar-refractivity contribution in [2.24, 2.45) is 0 Å². The average molecular weight is 240 g/mol. The molecule has 17 heavy (non-hydrogen) atoms. The van der Waals surface area contributed by atoms with Crippen LogP contribution < -0.4 is 0 Å². The second kappa shape index (κ2) is 9.49. The summed E-state index contributed by atoms with van der Waals surface area (Å²) in [7, 11) is 0. The summed E-state index contributed by atoms with van der Waals surface area (Å²) in [5.74, 6) is 0.0356. The molecule has 100 valence electrons. The molecule has 1 unspecified atom stereocenters. The van der Waals surface area contributed by atoms with Crippen LogP contribution >= 0.6 is 0 Å². The van der Waals surface area contributed by atoms with E-state index in [0.717, 1.165) is 19.3 Å². The molecule has 0 amide bonds. The number of ether oxygens (including phenoxy) is 1. The van der Waals surface area contributed by atoms with Gasteiger partial charge in [-0.25, -0.2) is 0 Å². The van der Waals surface area contributed by atoms with Crippen molar-refractivity contribution in [1.29, 1.82) is 0 Å². The fourth-order valence-electron chi connectivity index (χ4n) is 2.48. The van der Waals surface area contributed by atoms with Crippen molar-refractivity contribution < 1.29 is 9.53 Å². The summed E-state index contributed by atoms with van der Waals surface area (Å²) in [4.78, 5) is 11.6. The van der Waals surface area contributed by atoms with E-state index in [1.54, 1.807) is 0 Å². The zero-order valence-corrected chi connectivity index (χ0v) is 11.4. The Morgan fingerprint density at radius 1 is 1.06 bits per heavy atom. The van der Waals surface area contributed by atoms with Crippen LogP contribution in [0.3, 0.4) is 0 Å². The van der Waals surface area contributed by atoms with Crippen molar-refractivity contribution in [2.45, 2.75) is 90.1 Å². The summed E-state index contributed by atoms with van der Waals surface area (Å²) >= 11 is 0. The van der Waals surface area contributed by atoms with Gasteiger partial charge in [0.05, 0.1) is 0 Å². The Hall–Kier alpha value is -0.530. The highest BCUT2D eigenvalue weighted by atomic mass is 16.5. The molecule has 2 nitrogen and oxygen atoms in total. The van der Waals surface area contributed by atoms with Gasteiger partial charge in [0.2, 0.25) is 0 Å². The van der Waals surface area contributed by atoms with Gasteiger partial charge in [-0.3, -0.25) is 4.79 Å². The third-order valence-corrected chi connectivity index (χ3v) is 3.58. The molecule has 0 saturated carbocycles. The van der Waals surface area contributed by atoms with Crippen molar-refractivity contribution >= 4 is 5.97 Å². The monoisotopic (exact) mass is 240 g/mol. The van der Waals surface area contributed by atoms with E-state index in [-0.39, 0.29) is 12.1 Å². The predicted octanol–water partition coefficient (Wildman–Crippen LogP) is 4.61. The molecular weight excluding hydrogens is 212 g/mol. The summed E-state index contributed by atoms with van der Waals surface area (Å²) in [6.07, 6.45) is 14.0. The summed E-state index contributed by atoms with van der Waals surface area (Å²) in [5.41, 5.74) is 0. The van der Waals surface area contributed by atoms with E-state index in [1.165, 1.54) is 51.4 Å². The molecule has 0 aromatic rings. The van der Waals surface area contributed by atoms with Crippen molar-refractivity contribution in [3.05, 3.63) is 0 Å². The van der Waals surface area contributed by atoms with Crippen molar-refractivity contribution in [1.82, 2.24) is 0 Å². The van der Waals surface area contributed by atoms with Gasteiger partial charge in [-0.05, 0) is 32.1 Å². The molecule has 0 aromatic carbocycles. The highest BCUT2D eigenvalue weighted by molar-refractivity contribution is 5.69. The Balaban J connectivity index is 2.32. The molecule has 0 bridgehead atoms. The van der Waals surface area contributed by atoms with Crippen LogP contribution in [-0.4, -0.2) is 12.1 Å². The van der Waals surface area contributed by atoms with Crippen molar-refractivity contribution in [3.8, 4) is 0 Å². The molecule has 1 atom stereocenters. The maximum Gasteiger partial charge on any atom is 0.306 e. The van der Waals surface area contributed by atoms with E-state index in [4.69, 9.17) is 4.74 Å². The number of rotatable bonds is 4. The van der Waals surface area contributed by atoms with E-state index in [1.807, 2.05) is 0 Å². The fraction of sp³-hybridized carbons (Fsp3) is 0.933. The molecule has 1 rings (SSSR count). The summed E-state index contributed by atoms with van der Waals surface area (Å²) < 4.78 is 5.59. The maximum absolute atomic E-state index is 11.6. The molecule has 0 spiro atoms. The number of cyclic esters (lactones) is 1. The van der Waals surface area contributed by atoms with Crippen LogP contribution in [0.25, 0.3) is 0 Å². The number of hydrogen-bond donors (Lipinski definition) is 0. The van der Waals surface area contributed by atoms with Gasteiger partial charge in [-0.1, -0.05) is 45.4 Å². The molecule has 1 aliphatic heterocycles. The Morgan fingerprint density at radius 2 is 1.76 bits per heavy atom. The van der Waals surface area contributed by atoms with E-state index >= 15 is 0 Å². The smallest absolute Gasteiger partial charge is 0.306 e. The number of carbonyl (C=O) groups is 1. The predicted molar refractivity (Wildman–Crippen MR) is 71.0 cm³/mol. The summed E-state index contributed by atoms with van der Waals surface area (Å²) in [6.45, 7) is 2.21. The molecule has 0 aliphatic carbocycles. The second-order valence-corrected chi connectivity index (χ2v) is 5.27. The third-order valence-electron chi connectivity index (χ3n) is 3.58. The van der Waals surface area contributed by atoms with Crippen LogP contribution in [0.1, 0.15) is 84.0 Å². The van der Waals surface area contributed by atoms with Gasteiger partial charge in [0.1, 0.15) is 6.10 Å². The lowest BCUT2D eigenvalue weighted by Crippen LogP contribution is -2.18. The van der Waals surface area contributed by atoms with Crippen LogP contribution in [0.5, 0.6) is 0 Å². The number of esters is 1. The summed E-state index contributed by atoms with van der Waals surface area (Å²) in [5, 5.41) is 0. The Morgan fingerprint density at radius 3 is 2.53 bits per heavy atom. The van der Waals surface area contributed by atoms with Crippen LogP contribution in [0.2, 0.25) is 0 Å². The van der Waals surface area contributed by atoms with E-state index in [9.17, 15) is 4.79 Å². The van der Waals surface area contributed by atoms with E-state index in [2.05, 4.69) is 6.92 Å². The zero-order valence-electron chi connectivity index (χ0n) is 11.4. The molecule has 0 N–H and O–H groups in total. The quantitative estimate of drug-likeness (QED) is 0.529. The Bertz CT molecular complexity index is 201. The lowest BCUT2D eigenvalue weighted by atomic mass is 10.0. The number of hydrogen-bond acceptors (Lipinski definition) is 2. The van der Waals surface area contributed by atoms with Crippen LogP contribution in [0.15, 0.2) is 0 Å². The van der Waals surface area contributed by atoms with Gasteiger partial charge in [-0.2, -0.15) is 0 Å². The molecule has 0 radical (unpaired) electrons. The van der Waals surface area contributed by atoms with Crippen LogP contribution in [-0.2, 0) is 9.53 Å². The van der Waals surface area contributed by atoms with Gasteiger partial charge < -0.3 is 4.74 Å². The minimum atomic E-state index is 0.0356. The van der Waals surface area contributed by atoms with Crippen molar-refractivity contribution in [3.63, 3.8) is 0 Å². The Kier molecular flexibility index (Phi) is 8.12. The van der Waals surface area contributed by atoms with Gasteiger partial charge in [0.25, 0.3) is 0 Å². The lowest BCUT2D eigenvalue weighted by Gasteiger charge is -2.17. The average Bonchev–Trinajstić information content (AvgIpc) is 2.35. The SMILES string of the molecule is CCCCCC1CCCCCCCCC(=O)O1. The fourth-order valence-corrected chi connectivity index (χ4v) is 2.48. The van der Waals surface area contributed by atoms with Gasteiger partial charge >= 0.3 is 5.97 Å². The molecule has 2 heteroatoms. The normalized spacial score (nSPS) is 23.8. The second-order valence-electron chi connectivity index (χ2n) is 5.27. The molecule has 0 aromatic heterocycles. The first-order valence-corrected chi connectivity index (χ1v) is 7.52. The summed E-state index contributed by atoms with van der Waals surface area (Å²) in [6, 6.07) is 0. The topological polar surface area (TPSA) is 26.3 Å². The first-order valence-electron chi connectivity index (χ1n) is 7.52. The van der Waals surface area contributed by atoms with E-state index in [0.29, 0.717) is 6.42 Å². The molecular formula is C15H28O2. The third kappa shape index (κ3) is 7.40. The zero-order chi connectivity index (χ0) is 12.3. The highest BCUT2D eigenvalue weighted by Crippen LogP contribution is 2.18. The first kappa shape index (κ1) is 14.5. The molecule has 1 saturated heterocycles. The number of carbonyl (C=O) groups excluding carboxylic acids is 1. The minimum absolute atomic E-state index is 0.0356. The number of unbranched alkanes of at least 4 members (excludes halogenated alkanes) is 2. The Labute approximate surface area is 106 Å². The van der Waals surface area contributed by atoms with Gasteiger partial charge in [-0.15, -0.1) is 0 Å². The van der Waals surface area contributed by atoms with Crippen molar-refractivity contribution in [2.75, 3.05) is 0 Å². The minimum Gasteiger partial charge on any atom is -0.462 e. The van der Waals surface area contributed by atoms with Gasteiger partial charge in [0.15, 0.2) is 0 Å². The lowest BCUT2D eigenvalue weighted by molar-refractivity contribution is -0.149. The highest BCUT2D eigenvalue weighted by Gasteiger charge is 2.14. The largest absolute Gasteiger partial charge is 0.462 e. The first-order chi connectivity index (χ1) is 8.33. The molecule has 1 fully saturated rings. The van der Waals surface area contributed by atoms with Gasteiger partial charge in [0, 0.05) is 6.42 Å². The maximum atomic E-state index is 11.6. The standard InChI is InChI=1S/C15H28O2/c1-2-3-8-11-14-12-9-6-4-5-7-10-13-15(16)17-14/h14H,2-13H2,1H3.